The molecule has 1 aromatic heterocycles. The normalized spacial score (nSPS) is 11.9. The van der Waals surface area contributed by atoms with Gasteiger partial charge in [-0.15, -0.1) is 0 Å². The molecule has 4 aromatic rings. The van der Waals surface area contributed by atoms with Gasteiger partial charge in [0.15, 0.2) is 0 Å². The molecule has 0 bridgehead atoms. The number of nitrogens with zero attached hydrogens (tertiary/aromatic N) is 1. The summed E-state index contributed by atoms with van der Waals surface area (Å²) in [5, 5.41) is 2.49. The Morgan fingerprint density at radius 3 is 2.42 bits per heavy atom. The molecule has 3 aromatic carbocycles. The Morgan fingerprint density at radius 2 is 1.68 bits per heavy atom. The van der Waals surface area contributed by atoms with Gasteiger partial charge in [0, 0.05) is 41.2 Å². The molecule has 4 rings (SSSR count). The molecule has 0 spiro atoms. The summed E-state index contributed by atoms with van der Waals surface area (Å²) in [5.41, 5.74) is 6.72. The van der Waals surface area contributed by atoms with Crippen molar-refractivity contribution in [2.75, 3.05) is 0 Å². The summed E-state index contributed by atoms with van der Waals surface area (Å²) in [6.07, 6.45) is 0.979. The average Bonchev–Trinajstić information content (AvgIpc) is 3.06. The Balaban J connectivity index is 1.59. The molecule has 0 aliphatic rings. The SMILES string of the molecule is C=C(C)c1cccc(C(C)(C)CC(=O)Cc2ccc3c(c2)c2ccccc2n3CC)c1. The zero-order valence-corrected chi connectivity index (χ0v) is 19.0. The highest BCUT2D eigenvalue weighted by Crippen LogP contribution is 2.32. The van der Waals surface area contributed by atoms with Gasteiger partial charge in [0.25, 0.3) is 0 Å². The summed E-state index contributed by atoms with van der Waals surface area (Å²) >= 11 is 0. The quantitative estimate of drug-likeness (QED) is 0.313. The summed E-state index contributed by atoms with van der Waals surface area (Å²) in [6, 6.07) is 23.4. The van der Waals surface area contributed by atoms with E-state index < -0.39 is 0 Å². The van der Waals surface area contributed by atoms with Crippen molar-refractivity contribution in [1.82, 2.24) is 4.57 Å². The summed E-state index contributed by atoms with van der Waals surface area (Å²) < 4.78 is 2.34. The fourth-order valence-electron chi connectivity index (χ4n) is 4.64. The van der Waals surface area contributed by atoms with Crippen LogP contribution in [0.3, 0.4) is 0 Å². The predicted octanol–water partition coefficient (Wildman–Crippen LogP) is 7.33. The smallest absolute Gasteiger partial charge is 0.138 e. The van der Waals surface area contributed by atoms with Gasteiger partial charge in [0.1, 0.15) is 5.78 Å². The van der Waals surface area contributed by atoms with Gasteiger partial charge in [0.2, 0.25) is 0 Å². The standard InChI is InChI=1S/C29H31NO/c1-6-30-27-13-8-7-12-25(27)26-17-21(14-15-28(26)30)16-24(31)19-29(4,5)23-11-9-10-22(18-23)20(2)3/h7-15,17-18H,2,6,16,19H2,1,3-5H3. The second-order valence-electron chi connectivity index (χ2n) is 9.25. The Labute approximate surface area is 185 Å². The van der Waals surface area contributed by atoms with Crippen molar-refractivity contribution in [1.29, 1.82) is 0 Å². The lowest BCUT2D eigenvalue weighted by molar-refractivity contribution is -0.119. The van der Waals surface area contributed by atoms with Crippen molar-refractivity contribution in [2.24, 2.45) is 0 Å². The molecule has 0 aliphatic carbocycles. The van der Waals surface area contributed by atoms with E-state index in [2.05, 4.69) is 98.6 Å². The lowest BCUT2D eigenvalue weighted by Gasteiger charge is -2.25. The Hall–Kier alpha value is -3.13. The zero-order chi connectivity index (χ0) is 22.2. The average molecular weight is 410 g/mol. The number of hydrogen-bond acceptors (Lipinski definition) is 1. The number of hydrogen-bond donors (Lipinski definition) is 0. The third kappa shape index (κ3) is 4.07. The third-order valence-electron chi connectivity index (χ3n) is 6.33. The summed E-state index contributed by atoms with van der Waals surface area (Å²) in [4.78, 5) is 13.1. The van der Waals surface area contributed by atoms with Crippen molar-refractivity contribution in [3.05, 3.63) is 90.0 Å². The van der Waals surface area contributed by atoms with Crippen LogP contribution < -0.4 is 0 Å². The summed E-state index contributed by atoms with van der Waals surface area (Å²) in [7, 11) is 0. The number of rotatable bonds is 7. The van der Waals surface area contributed by atoms with Gasteiger partial charge in [-0.1, -0.05) is 74.5 Å². The Bertz CT molecular complexity index is 1290. The zero-order valence-electron chi connectivity index (χ0n) is 19.0. The topological polar surface area (TPSA) is 22.0 Å². The van der Waals surface area contributed by atoms with Crippen molar-refractivity contribution in [2.45, 2.75) is 52.5 Å². The van der Waals surface area contributed by atoms with Crippen LogP contribution in [0.25, 0.3) is 27.4 Å². The molecule has 0 amide bonds. The monoisotopic (exact) mass is 409 g/mol. The first-order valence-electron chi connectivity index (χ1n) is 11.1. The maximum atomic E-state index is 13.1. The molecular formula is C29H31NO. The second-order valence-corrected chi connectivity index (χ2v) is 9.25. The van der Waals surface area contributed by atoms with E-state index in [0.717, 1.165) is 23.2 Å². The van der Waals surface area contributed by atoms with Crippen LogP contribution in [0.1, 0.15) is 50.8 Å². The van der Waals surface area contributed by atoms with E-state index in [9.17, 15) is 4.79 Å². The first kappa shape index (κ1) is 21.1. The number of benzene rings is 3. The largest absolute Gasteiger partial charge is 0.341 e. The number of Topliss-reactive ketones (excluding diaryl/α,β-unsaturated/α-hetero) is 1. The van der Waals surface area contributed by atoms with E-state index >= 15 is 0 Å². The van der Waals surface area contributed by atoms with E-state index in [0.29, 0.717) is 12.8 Å². The van der Waals surface area contributed by atoms with Gasteiger partial charge < -0.3 is 4.57 Å². The minimum atomic E-state index is -0.217. The van der Waals surface area contributed by atoms with Crippen LogP contribution in [0.4, 0.5) is 0 Å². The molecule has 31 heavy (non-hydrogen) atoms. The Morgan fingerprint density at radius 1 is 0.935 bits per heavy atom. The minimum absolute atomic E-state index is 0.217. The van der Waals surface area contributed by atoms with Crippen molar-refractivity contribution < 1.29 is 4.79 Å². The molecule has 2 heteroatoms. The molecule has 2 nitrogen and oxygen atoms in total. The fourth-order valence-corrected chi connectivity index (χ4v) is 4.64. The van der Waals surface area contributed by atoms with Crippen LogP contribution in [0.15, 0.2) is 73.3 Å². The molecule has 0 atom stereocenters. The van der Waals surface area contributed by atoms with E-state index in [4.69, 9.17) is 0 Å². The van der Waals surface area contributed by atoms with Crippen LogP contribution >= 0.6 is 0 Å². The van der Waals surface area contributed by atoms with Crippen LogP contribution in [0, 0.1) is 0 Å². The van der Waals surface area contributed by atoms with Crippen molar-refractivity contribution in [3.63, 3.8) is 0 Å². The molecule has 0 saturated heterocycles. The maximum absolute atomic E-state index is 13.1. The molecule has 0 fully saturated rings. The first-order valence-corrected chi connectivity index (χ1v) is 11.1. The summed E-state index contributed by atoms with van der Waals surface area (Å²) in [6.45, 7) is 13.5. The van der Waals surface area contributed by atoms with Gasteiger partial charge >= 0.3 is 0 Å². The highest BCUT2D eigenvalue weighted by molar-refractivity contribution is 6.08. The molecule has 0 radical (unpaired) electrons. The third-order valence-corrected chi connectivity index (χ3v) is 6.33. The van der Waals surface area contributed by atoms with Crippen LogP contribution in [0.5, 0.6) is 0 Å². The van der Waals surface area contributed by atoms with E-state index in [-0.39, 0.29) is 11.2 Å². The highest BCUT2D eigenvalue weighted by Gasteiger charge is 2.25. The number of fused-ring (bicyclic) bond motifs is 3. The fraction of sp³-hybridized carbons (Fsp3) is 0.276. The Kier molecular flexibility index (Phi) is 5.58. The number of aromatic nitrogens is 1. The van der Waals surface area contributed by atoms with Gasteiger partial charge in [-0.2, -0.15) is 0 Å². The number of allylic oxidation sites excluding steroid dienone is 1. The maximum Gasteiger partial charge on any atom is 0.138 e. The van der Waals surface area contributed by atoms with Gasteiger partial charge in [-0.3, -0.25) is 4.79 Å². The van der Waals surface area contributed by atoms with Crippen LogP contribution in [0.2, 0.25) is 0 Å². The lowest BCUT2D eigenvalue weighted by atomic mass is 9.78. The second kappa shape index (κ2) is 8.19. The predicted molar refractivity (Wildman–Crippen MR) is 133 cm³/mol. The molecular weight excluding hydrogens is 378 g/mol. The van der Waals surface area contributed by atoms with Crippen LogP contribution in [-0.4, -0.2) is 10.4 Å². The lowest BCUT2D eigenvalue weighted by Crippen LogP contribution is -2.23. The molecule has 0 saturated carbocycles. The van der Waals surface area contributed by atoms with Crippen LogP contribution in [-0.2, 0) is 23.2 Å². The molecule has 0 N–H and O–H groups in total. The van der Waals surface area contributed by atoms with E-state index in [1.807, 2.05) is 6.92 Å². The van der Waals surface area contributed by atoms with E-state index in [1.54, 1.807) is 0 Å². The molecule has 0 unspecified atom stereocenters. The first-order chi connectivity index (χ1) is 14.8. The highest BCUT2D eigenvalue weighted by atomic mass is 16.1. The molecule has 1 heterocycles. The minimum Gasteiger partial charge on any atom is -0.341 e. The van der Waals surface area contributed by atoms with Crippen molar-refractivity contribution >= 4 is 33.2 Å². The summed E-state index contributed by atoms with van der Waals surface area (Å²) in [5.74, 6) is 0.268. The number of aryl methyl sites for hydroxylation is 1. The van der Waals surface area contributed by atoms with Gasteiger partial charge in [0.05, 0.1) is 0 Å². The molecule has 158 valence electrons. The van der Waals surface area contributed by atoms with E-state index in [1.165, 1.54) is 27.4 Å². The number of ketones is 1. The molecule has 0 aliphatic heterocycles. The number of carbonyl (C=O) groups is 1. The van der Waals surface area contributed by atoms with Gasteiger partial charge in [-0.25, -0.2) is 0 Å². The van der Waals surface area contributed by atoms with Gasteiger partial charge in [-0.05, 0) is 54.2 Å². The number of carbonyl (C=O) groups excluding carboxylic acids is 1. The number of para-hydroxylation sites is 1. The van der Waals surface area contributed by atoms with Crippen molar-refractivity contribution in [3.8, 4) is 0 Å².